The van der Waals surface area contributed by atoms with E-state index in [1.807, 2.05) is 0 Å². The maximum atomic E-state index is 10.8. The highest BCUT2D eigenvalue weighted by Gasteiger charge is 2.27. The molecule has 0 aliphatic carbocycles. The Morgan fingerprint density at radius 1 is 1.67 bits per heavy atom. The molecule has 7 nitrogen and oxygen atoms in total. The van der Waals surface area contributed by atoms with Crippen LogP contribution in [0.25, 0.3) is 0 Å². The molecule has 0 saturated carbocycles. The van der Waals surface area contributed by atoms with Crippen LogP contribution in [0.1, 0.15) is 12.6 Å². The van der Waals surface area contributed by atoms with Crippen molar-refractivity contribution >= 4 is 11.9 Å². The summed E-state index contributed by atoms with van der Waals surface area (Å²) < 4.78 is 0. The first kappa shape index (κ1) is 11.2. The van der Waals surface area contributed by atoms with Crippen molar-refractivity contribution in [3.8, 4) is 0 Å². The first-order valence-electron chi connectivity index (χ1n) is 4.21. The van der Waals surface area contributed by atoms with Crippen LogP contribution in [-0.4, -0.2) is 43.3 Å². The monoisotopic (exact) mass is 213 g/mol. The third-order valence-electron chi connectivity index (χ3n) is 1.87. The van der Waals surface area contributed by atoms with Crippen LogP contribution in [0.15, 0.2) is 12.5 Å². The molecule has 82 valence electrons. The maximum Gasteiger partial charge on any atom is 0.329 e. The minimum atomic E-state index is -1.30. The minimum absolute atomic E-state index is 0.0224. The normalized spacial score (nSPS) is 12.1. The summed E-state index contributed by atoms with van der Waals surface area (Å²) in [5.74, 6) is -2.00. The average Bonchev–Trinajstić information content (AvgIpc) is 2.64. The molecule has 0 fully saturated rings. The lowest BCUT2D eigenvalue weighted by Crippen LogP contribution is -2.43. The van der Waals surface area contributed by atoms with Gasteiger partial charge in [0, 0.05) is 25.2 Å². The molecule has 1 heterocycles. The highest BCUT2D eigenvalue weighted by Crippen LogP contribution is 2.05. The lowest BCUT2D eigenvalue weighted by Gasteiger charge is -2.20. The Morgan fingerprint density at radius 2 is 2.33 bits per heavy atom. The Morgan fingerprint density at radius 3 is 2.73 bits per heavy atom. The number of nitrogens with zero attached hydrogens (tertiary/aromatic N) is 2. The number of aliphatic carboxylic acids is 1. The Balaban J connectivity index is 2.75. The summed E-state index contributed by atoms with van der Waals surface area (Å²) in [7, 11) is 0. The molecule has 1 rings (SSSR count). The van der Waals surface area contributed by atoms with Gasteiger partial charge < -0.3 is 10.1 Å². The molecule has 0 bridgehead atoms. The van der Waals surface area contributed by atoms with Gasteiger partial charge in [-0.1, -0.05) is 0 Å². The van der Waals surface area contributed by atoms with Gasteiger partial charge in [-0.05, 0) is 0 Å². The van der Waals surface area contributed by atoms with Crippen LogP contribution in [0, 0.1) is 0 Å². The molecule has 1 amide bonds. The number of carboxylic acids is 1. The highest BCUT2D eigenvalue weighted by molar-refractivity contribution is 5.81. The van der Waals surface area contributed by atoms with Crippen LogP contribution in [0.2, 0.25) is 0 Å². The van der Waals surface area contributed by atoms with E-state index < -0.39 is 17.9 Å². The number of aromatic nitrogens is 2. The van der Waals surface area contributed by atoms with E-state index in [9.17, 15) is 14.8 Å². The van der Waals surface area contributed by atoms with Crippen LogP contribution in [-0.2, 0) is 16.0 Å². The number of carboxylic acid groups (broad SMARTS) is 1. The summed E-state index contributed by atoms with van der Waals surface area (Å²) in [6.45, 7) is 1.09. The quantitative estimate of drug-likeness (QED) is 0.468. The van der Waals surface area contributed by atoms with Crippen LogP contribution < -0.4 is 0 Å². The Bertz CT molecular complexity index is 349. The molecule has 0 radical (unpaired) electrons. The predicted octanol–water partition coefficient (Wildman–Crippen LogP) is -0.357. The van der Waals surface area contributed by atoms with Gasteiger partial charge in [-0.3, -0.25) is 10.0 Å². The molecule has 3 N–H and O–H groups in total. The lowest BCUT2D eigenvalue weighted by molar-refractivity contribution is -0.184. The number of carbonyl (C=O) groups is 2. The summed E-state index contributed by atoms with van der Waals surface area (Å²) in [4.78, 5) is 28.0. The van der Waals surface area contributed by atoms with Crippen molar-refractivity contribution in [2.45, 2.75) is 19.4 Å². The smallest absolute Gasteiger partial charge is 0.329 e. The van der Waals surface area contributed by atoms with Crippen LogP contribution >= 0.6 is 0 Å². The number of hydroxylamine groups is 2. The van der Waals surface area contributed by atoms with Gasteiger partial charge in [-0.15, -0.1) is 0 Å². The molecule has 0 unspecified atom stereocenters. The number of imidazole rings is 1. The summed E-state index contributed by atoms with van der Waals surface area (Å²) in [6.07, 6.45) is 2.80. The number of rotatable bonds is 4. The van der Waals surface area contributed by atoms with Crippen molar-refractivity contribution in [1.29, 1.82) is 0 Å². The maximum absolute atomic E-state index is 10.8. The third-order valence-corrected chi connectivity index (χ3v) is 1.87. The molecule has 1 aromatic heterocycles. The number of hydrogen-bond acceptors (Lipinski definition) is 4. The van der Waals surface area contributed by atoms with Crippen molar-refractivity contribution < 1.29 is 19.9 Å². The van der Waals surface area contributed by atoms with Gasteiger partial charge in [-0.25, -0.2) is 14.8 Å². The van der Waals surface area contributed by atoms with Gasteiger partial charge in [-0.2, -0.15) is 0 Å². The van der Waals surface area contributed by atoms with Crippen LogP contribution in [0.4, 0.5) is 0 Å². The molecule has 1 atom stereocenters. The lowest BCUT2D eigenvalue weighted by atomic mass is 10.1. The second-order valence-corrected chi connectivity index (χ2v) is 3.00. The zero-order valence-corrected chi connectivity index (χ0v) is 8.04. The van der Waals surface area contributed by atoms with Crippen molar-refractivity contribution in [3.63, 3.8) is 0 Å². The Kier molecular flexibility index (Phi) is 3.40. The van der Waals surface area contributed by atoms with Crippen molar-refractivity contribution in [1.82, 2.24) is 15.0 Å². The number of H-pyrrole nitrogens is 1. The van der Waals surface area contributed by atoms with E-state index in [0.717, 1.165) is 6.92 Å². The van der Waals surface area contributed by atoms with Crippen LogP contribution in [0.5, 0.6) is 0 Å². The predicted molar refractivity (Wildman–Crippen MR) is 48.0 cm³/mol. The number of aromatic amines is 1. The molecular formula is C8H11N3O4. The van der Waals surface area contributed by atoms with E-state index in [1.54, 1.807) is 0 Å². The summed E-state index contributed by atoms with van der Waals surface area (Å²) in [5.41, 5.74) is 0.530. The summed E-state index contributed by atoms with van der Waals surface area (Å²) >= 11 is 0. The van der Waals surface area contributed by atoms with Crippen molar-refractivity contribution in [3.05, 3.63) is 18.2 Å². The van der Waals surface area contributed by atoms with Crippen LogP contribution in [0.3, 0.4) is 0 Å². The first-order valence-corrected chi connectivity index (χ1v) is 4.21. The fraction of sp³-hybridized carbons (Fsp3) is 0.375. The van der Waals surface area contributed by atoms with E-state index in [0.29, 0.717) is 5.69 Å². The molecule has 7 heteroatoms. The Labute approximate surface area is 85.3 Å². The van der Waals surface area contributed by atoms with Gasteiger partial charge in [0.05, 0.1) is 6.33 Å². The number of hydrogen-bond donors (Lipinski definition) is 3. The number of carbonyl (C=O) groups excluding carboxylic acids is 1. The summed E-state index contributed by atoms with van der Waals surface area (Å²) in [6, 6.07) is -1.30. The molecule has 15 heavy (non-hydrogen) atoms. The third kappa shape index (κ3) is 2.78. The van der Waals surface area contributed by atoms with Gasteiger partial charge in [0.1, 0.15) is 0 Å². The zero-order chi connectivity index (χ0) is 11.4. The zero-order valence-electron chi connectivity index (χ0n) is 8.04. The summed E-state index contributed by atoms with van der Waals surface area (Å²) in [5, 5.41) is 18.2. The molecule has 1 aromatic rings. The highest BCUT2D eigenvalue weighted by atomic mass is 16.5. The van der Waals surface area contributed by atoms with Crippen molar-refractivity contribution in [2.24, 2.45) is 0 Å². The fourth-order valence-corrected chi connectivity index (χ4v) is 1.10. The minimum Gasteiger partial charge on any atom is -0.480 e. The molecule has 0 aliphatic rings. The van der Waals surface area contributed by atoms with E-state index in [1.165, 1.54) is 12.5 Å². The SMILES string of the molecule is CC(=O)N(O)[C@@H](Cc1cnc[nH]1)C(=O)O. The van der Waals surface area contributed by atoms with Gasteiger partial charge >= 0.3 is 5.97 Å². The van der Waals surface area contributed by atoms with E-state index in [4.69, 9.17) is 5.11 Å². The topological polar surface area (TPSA) is 107 Å². The fourth-order valence-electron chi connectivity index (χ4n) is 1.10. The number of amides is 1. The second-order valence-electron chi connectivity index (χ2n) is 3.00. The van der Waals surface area contributed by atoms with Gasteiger partial charge in [0.25, 0.3) is 0 Å². The molecule has 0 saturated heterocycles. The standard InChI is InChI=1S/C8H11N3O4/c1-5(12)11(15)7(8(13)14)2-6-3-9-4-10-6/h3-4,7,15H,2H2,1H3,(H,9,10)(H,13,14)/t7-/m0/s1. The van der Waals surface area contributed by atoms with E-state index in [-0.39, 0.29) is 11.5 Å². The van der Waals surface area contributed by atoms with E-state index in [2.05, 4.69) is 9.97 Å². The Hall–Kier alpha value is -1.89. The second kappa shape index (κ2) is 4.56. The first-order chi connectivity index (χ1) is 7.02. The van der Waals surface area contributed by atoms with E-state index >= 15 is 0 Å². The average molecular weight is 213 g/mol. The molecule has 0 aliphatic heterocycles. The molecule has 0 spiro atoms. The molecular weight excluding hydrogens is 202 g/mol. The molecule has 0 aromatic carbocycles. The largest absolute Gasteiger partial charge is 0.480 e. The van der Waals surface area contributed by atoms with Gasteiger partial charge in [0.2, 0.25) is 5.91 Å². The van der Waals surface area contributed by atoms with Crippen molar-refractivity contribution in [2.75, 3.05) is 0 Å². The number of nitrogens with one attached hydrogen (secondary N) is 1. The van der Waals surface area contributed by atoms with Gasteiger partial charge in [0.15, 0.2) is 6.04 Å².